The van der Waals surface area contributed by atoms with Crippen molar-refractivity contribution >= 4 is 11.9 Å². The fourth-order valence-corrected chi connectivity index (χ4v) is 1.63. The SMILES string of the molecule is NNC(=O)Cc1ccc(Cn2cnc([N+](=O)[O-])n2)cc1. The quantitative estimate of drug-likeness (QED) is 0.336. The number of nitrogens with zero attached hydrogens (tertiary/aromatic N) is 4. The molecule has 0 saturated carbocycles. The van der Waals surface area contributed by atoms with E-state index < -0.39 is 10.9 Å². The first-order valence-corrected chi connectivity index (χ1v) is 5.69. The lowest BCUT2D eigenvalue weighted by Gasteiger charge is -2.02. The summed E-state index contributed by atoms with van der Waals surface area (Å²) in [6, 6.07) is 7.20. The monoisotopic (exact) mass is 276 g/mol. The highest BCUT2D eigenvalue weighted by molar-refractivity contribution is 5.77. The number of hydrogen-bond donors (Lipinski definition) is 2. The third kappa shape index (κ3) is 3.36. The highest BCUT2D eigenvalue weighted by atomic mass is 16.6. The van der Waals surface area contributed by atoms with Crippen LogP contribution in [0.4, 0.5) is 5.95 Å². The molecule has 9 heteroatoms. The lowest BCUT2D eigenvalue weighted by atomic mass is 10.1. The Morgan fingerprint density at radius 3 is 2.55 bits per heavy atom. The zero-order valence-corrected chi connectivity index (χ0v) is 10.4. The Morgan fingerprint density at radius 2 is 2.00 bits per heavy atom. The van der Waals surface area contributed by atoms with Crippen molar-refractivity contribution in [2.75, 3.05) is 0 Å². The predicted octanol–water partition coefficient (Wildman–Crippen LogP) is -0.233. The molecule has 9 nitrogen and oxygen atoms in total. The van der Waals surface area contributed by atoms with Gasteiger partial charge in [-0.2, -0.15) is 4.68 Å². The van der Waals surface area contributed by atoms with E-state index in [0.717, 1.165) is 11.1 Å². The van der Waals surface area contributed by atoms with Crippen molar-refractivity contribution in [1.29, 1.82) is 0 Å². The van der Waals surface area contributed by atoms with E-state index in [4.69, 9.17) is 5.84 Å². The minimum absolute atomic E-state index is 0.200. The van der Waals surface area contributed by atoms with Crippen molar-refractivity contribution in [3.63, 3.8) is 0 Å². The van der Waals surface area contributed by atoms with Gasteiger partial charge < -0.3 is 10.1 Å². The first-order valence-electron chi connectivity index (χ1n) is 5.69. The van der Waals surface area contributed by atoms with Gasteiger partial charge in [0.15, 0.2) is 0 Å². The second kappa shape index (κ2) is 5.89. The summed E-state index contributed by atoms with van der Waals surface area (Å²) < 4.78 is 1.37. The zero-order chi connectivity index (χ0) is 14.5. The van der Waals surface area contributed by atoms with Crippen molar-refractivity contribution in [3.8, 4) is 0 Å². The summed E-state index contributed by atoms with van der Waals surface area (Å²) >= 11 is 0. The van der Waals surface area contributed by atoms with Crippen LogP contribution in [0.5, 0.6) is 0 Å². The van der Waals surface area contributed by atoms with E-state index >= 15 is 0 Å². The topological polar surface area (TPSA) is 129 Å². The van der Waals surface area contributed by atoms with Crippen LogP contribution in [0.1, 0.15) is 11.1 Å². The molecule has 1 amide bonds. The fraction of sp³-hybridized carbons (Fsp3) is 0.182. The number of rotatable bonds is 5. The van der Waals surface area contributed by atoms with Crippen molar-refractivity contribution in [2.45, 2.75) is 13.0 Å². The van der Waals surface area contributed by atoms with Gasteiger partial charge in [0.05, 0.1) is 13.0 Å². The molecular weight excluding hydrogens is 264 g/mol. The summed E-state index contributed by atoms with van der Waals surface area (Å²) in [6.07, 6.45) is 1.50. The molecule has 0 atom stereocenters. The second-order valence-corrected chi connectivity index (χ2v) is 4.06. The van der Waals surface area contributed by atoms with Gasteiger partial charge in [-0.1, -0.05) is 29.2 Å². The number of nitrogens with two attached hydrogens (primary N) is 1. The number of benzene rings is 1. The highest BCUT2D eigenvalue weighted by Gasteiger charge is 2.13. The molecule has 0 aliphatic carbocycles. The fourth-order valence-electron chi connectivity index (χ4n) is 1.63. The maximum atomic E-state index is 11.1. The smallest absolute Gasteiger partial charge is 0.390 e. The molecule has 0 radical (unpaired) electrons. The number of carbonyl (C=O) groups is 1. The van der Waals surface area contributed by atoms with Crippen LogP contribution in [0.15, 0.2) is 30.6 Å². The molecule has 2 rings (SSSR count). The molecular formula is C11H12N6O3. The lowest BCUT2D eigenvalue weighted by molar-refractivity contribution is -0.394. The summed E-state index contributed by atoms with van der Waals surface area (Å²) in [5.41, 5.74) is 3.77. The van der Waals surface area contributed by atoms with Gasteiger partial charge in [-0.3, -0.25) is 10.2 Å². The molecule has 0 aliphatic heterocycles. The van der Waals surface area contributed by atoms with E-state index in [1.807, 2.05) is 12.1 Å². The van der Waals surface area contributed by atoms with Crippen LogP contribution in [0.25, 0.3) is 0 Å². The number of aromatic nitrogens is 3. The normalized spacial score (nSPS) is 10.2. The average molecular weight is 276 g/mol. The van der Waals surface area contributed by atoms with E-state index in [-0.39, 0.29) is 12.3 Å². The molecule has 1 aromatic heterocycles. The summed E-state index contributed by atoms with van der Waals surface area (Å²) in [5.74, 6) is 4.30. The molecule has 0 fully saturated rings. The summed E-state index contributed by atoms with van der Waals surface area (Å²) in [4.78, 5) is 24.5. The van der Waals surface area contributed by atoms with Crippen molar-refractivity contribution in [3.05, 3.63) is 51.8 Å². The second-order valence-electron chi connectivity index (χ2n) is 4.06. The van der Waals surface area contributed by atoms with Gasteiger partial charge >= 0.3 is 5.95 Å². The van der Waals surface area contributed by atoms with Crippen LogP contribution in [-0.4, -0.2) is 25.6 Å². The van der Waals surface area contributed by atoms with Crippen LogP contribution in [0, 0.1) is 10.1 Å². The van der Waals surface area contributed by atoms with E-state index in [2.05, 4.69) is 15.5 Å². The number of carbonyl (C=O) groups excluding carboxylic acids is 1. The number of hydrazine groups is 1. The molecule has 20 heavy (non-hydrogen) atoms. The average Bonchev–Trinajstić information content (AvgIpc) is 2.89. The van der Waals surface area contributed by atoms with Gasteiger partial charge in [0.2, 0.25) is 12.2 Å². The number of amides is 1. The van der Waals surface area contributed by atoms with Gasteiger partial charge in [-0.25, -0.2) is 5.84 Å². The van der Waals surface area contributed by atoms with Crippen LogP contribution in [-0.2, 0) is 17.8 Å². The maximum Gasteiger partial charge on any atom is 0.490 e. The minimum atomic E-state index is -0.648. The van der Waals surface area contributed by atoms with Gasteiger partial charge in [0.25, 0.3) is 0 Å². The van der Waals surface area contributed by atoms with Gasteiger partial charge in [0, 0.05) is 5.10 Å². The van der Waals surface area contributed by atoms with E-state index in [1.54, 1.807) is 12.1 Å². The highest BCUT2D eigenvalue weighted by Crippen LogP contribution is 2.08. The Kier molecular flexibility index (Phi) is 4.01. The van der Waals surface area contributed by atoms with Gasteiger partial charge in [0.1, 0.15) is 0 Å². The zero-order valence-electron chi connectivity index (χ0n) is 10.4. The largest absolute Gasteiger partial charge is 0.490 e. The molecule has 0 saturated heterocycles. The maximum absolute atomic E-state index is 11.1. The number of nitro groups is 1. The first kappa shape index (κ1) is 13.6. The van der Waals surface area contributed by atoms with Crippen LogP contribution < -0.4 is 11.3 Å². The Labute approximate surface area is 113 Å². The molecule has 0 aliphatic rings. The number of hydrogen-bond acceptors (Lipinski definition) is 6. The van der Waals surface area contributed by atoms with Crippen LogP contribution in [0.3, 0.4) is 0 Å². The molecule has 1 heterocycles. The van der Waals surface area contributed by atoms with E-state index in [1.165, 1.54) is 11.0 Å². The molecule has 0 spiro atoms. The van der Waals surface area contributed by atoms with E-state index in [0.29, 0.717) is 6.54 Å². The van der Waals surface area contributed by atoms with Gasteiger partial charge in [-0.15, -0.1) is 0 Å². The Balaban J connectivity index is 2.02. The molecule has 0 unspecified atom stereocenters. The summed E-state index contributed by atoms with van der Waals surface area (Å²) in [7, 11) is 0. The minimum Gasteiger partial charge on any atom is -0.390 e. The van der Waals surface area contributed by atoms with Crippen LogP contribution in [0.2, 0.25) is 0 Å². The third-order valence-electron chi connectivity index (χ3n) is 2.58. The standard InChI is InChI=1S/C11H12N6O3/c12-14-10(18)5-8-1-3-9(4-2-8)6-16-7-13-11(15-16)17(19)20/h1-4,7H,5-6,12H2,(H,14,18). The van der Waals surface area contributed by atoms with Crippen molar-refractivity contribution in [1.82, 2.24) is 20.2 Å². The Morgan fingerprint density at radius 1 is 1.35 bits per heavy atom. The van der Waals surface area contributed by atoms with Crippen molar-refractivity contribution < 1.29 is 9.72 Å². The van der Waals surface area contributed by atoms with Crippen LogP contribution >= 0.6 is 0 Å². The van der Waals surface area contributed by atoms with Crippen molar-refractivity contribution in [2.24, 2.45) is 5.84 Å². The molecule has 1 aromatic carbocycles. The number of nitrogens with one attached hydrogen (secondary N) is 1. The Bertz CT molecular complexity index is 621. The molecule has 3 N–H and O–H groups in total. The Hall–Kier alpha value is -2.81. The molecule has 2 aromatic rings. The predicted molar refractivity (Wildman–Crippen MR) is 68.3 cm³/mol. The van der Waals surface area contributed by atoms with Gasteiger partial charge in [-0.05, 0) is 16.1 Å². The summed E-state index contributed by atoms with van der Waals surface area (Å²) in [6.45, 7) is 0.365. The van der Waals surface area contributed by atoms with E-state index in [9.17, 15) is 14.9 Å². The molecule has 0 bridgehead atoms. The lowest BCUT2D eigenvalue weighted by Crippen LogP contribution is -2.31. The summed E-state index contributed by atoms with van der Waals surface area (Å²) in [5, 5.41) is 14.2. The third-order valence-corrected chi connectivity index (χ3v) is 2.58. The first-order chi connectivity index (χ1) is 9.58. The molecule has 104 valence electrons.